The summed E-state index contributed by atoms with van der Waals surface area (Å²) in [5.74, 6) is 6.36. The Balaban J connectivity index is 2.18. The molecule has 1 heterocycles. The van der Waals surface area contributed by atoms with Crippen molar-refractivity contribution in [2.45, 2.75) is 25.1 Å². The first-order valence-corrected chi connectivity index (χ1v) is 5.92. The van der Waals surface area contributed by atoms with Gasteiger partial charge in [0.2, 0.25) is 0 Å². The molecule has 0 aliphatic carbocycles. The summed E-state index contributed by atoms with van der Waals surface area (Å²) in [6.07, 6.45) is -5.27. The molecule has 0 saturated carbocycles. The van der Waals surface area contributed by atoms with Crippen molar-refractivity contribution in [2.75, 3.05) is 13.2 Å². The Kier molecular flexibility index (Phi) is 4.16. The Morgan fingerprint density at radius 3 is 2.68 bits per heavy atom. The first-order valence-electron chi connectivity index (χ1n) is 5.92. The average Bonchev–Trinajstić information content (AvgIpc) is 2.38. The average molecular weight is 276 g/mol. The third kappa shape index (κ3) is 3.51. The smallest absolute Gasteiger partial charge is 0.389 e. The Bertz CT molecular complexity index is 437. The van der Waals surface area contributed by atoms with Crippen molar-refractivity contribution in [3.63, 3.8) is 0 Å². The lowest BCUT2D eigenvalue weighted by molar-refractivity contribution is -0.136. The second-order valence-corrected chi connectivity index (χ2v) is 4.24. The number of para-hydroxylation sites is 1. The maximum Gasteiger partial charge on any atom is 0.389 e. The van der Waals surface area contributed by atoms with Gasteiger partial charge in [-0.25, -0.2) is 0 Å². The summed E-state index contributed by atoms with van der Waals surface area (Å²) in [5.41, 5.74) is 2.99. The molecule has 0 radical (unpaired) electrons. The number of ether oxygens (including phenoxy) is 2. The molecule has 1 aromatic rings. The zero-order valence-corrected chi connectivity index (χ0v) is 10.2. The quantitative estimate of drug-likeness (QED) is 0.654. The molecule has 19 heavy (non-hydrogen) atoms. The Labute approximate surface area is 108 Å². The van der Waals surface area contributed by atoms with E-state index in [4.69, 9.17) is 15.3 Å². The molecule has 1 unspecified atom stereocenters. The van der Waals surface area contributed by atoms with Crippen LogP contribution in [-0.2, 0) is 0 Å². The van der Waals surface area contributed by atoms with Crippen LogP contribution in [0, 0.1) is 0 Å². The molecule has 1 atom stereocenters. The first-order chi connectivity index (χ1) is 9.01. The van der Waals surface area contributed by atoms with E-state index in [9.17, 15) is 13.2 Å². The van der Waals surface area contributed by atoms with Gasteiger partial charge in [-0.3, -0.25) is 11.3 Å². The van der Waals surface area contributed by atoms with E-state index in [0.717, 1.165) is 0 Å². The van der Waals surface area contributed by atoms with Gasteiger partial charge in [-0.15, -0.1) is 0 Å². The molecule has 3 N–H and O–H groups in total. The van der Waals surface area contributed by atoms with Gasteiger partial charge in [-0.05, 0) is 12.5 Å². The number of alkyl halides is 3. The zero-order valence-electron chi connectivity index (χ0n) is 10.2. The number of hydrazine groups is 1. The van der Waals surface area contributed by atoms with Crippen LogP contribution in [0.2, 0.25) is 0 Å². The fourth-order valence-electron chi connectivity index (χ4n) is 2.01. The summed E-state index contributed by atoms with van der Waals surface area (Å²) in [7, 11) is 0. The molecule has 1 aliphatic heterocycles. The number of halogens is 3. The summed E-state index contributed by atoms with van der Waals surface area (Å²) < 4.78 is 47.7. The van der Waals surface area contributed by atoms with Crippen LogP contribution in [0.3, 0.4) is 0 Å². The standard InChI is InChI=1S/C12H15F3N2O2/c13-12(14,15)5-4-9(17-16)8-2-1-3-10-11(8)19-7-6-18-10/h1-3,9,17H,4-7,16H2. The summed E-state index contributed by atoms with van der Waals surface area (Å²) in [4.78, 5) is 0. The van der Waals surface area contributed by atoms with E-state index in [2.05, 4.69) is 5.43 Å². The summed E-state index contributed by atoms with van der Waals surface area (Å²) >= 11 is 0. The Hall–Kier alpha value is -1.47. The van der Waals surface area contributed by atoms with Gasteiger partial charge in [0.05, 0.1) is 6.04 Å². The van der Waals surface area contributed by atoms with Crippen molar-refractivity contribution in [3.8, 4) is 11.5 Å². The molecular weight excluding hydrogens is 261 g/mol. The van der Waals surface area contributed by atoms with Crippen LogP contribution in [0.15, 0.2) is 18.2 Å². The number of hydrogen-bond donors (Lipinski definition) is 2. The molecule has 1 aromatic carbocycles. The number of hydrogen-bond acceptors (Lipinski definition) is 4. The predicted molar refractivity (Wildman–Crippen MR) is 62.8 cm³/mol. The maximum absolute atomic E-state index is 12.3. The van der Waals surface area contributed by atoms with Gasteiger partial charge >= 0.3 is 6.18 Å². The summed E-state index contributed by atoms with van der Waals surface area (Å²) in [6.45, 7) is 0.806. The molecule has 2 rings (SSSR count). The minimum Gasteiger partial charge on any atom is -0.486 e. The highest BCUT2D eigenvalue weighted by molar-refractivity contribution is 5.48. The second-order valence-electron chi connectivity index (χ2n) is 4.24. The summed E-state index contributed by atoms with van der Waals surface area (Å²) in [5, 5.41) is 0. The third-order valence-corrected chi connectivity index (χ3v) is 2.89. The van der Waals surface area contributed by atoms with E-state index in [0.29, 0.717) is 30.3 Å². The van der Waals surface area contributed by atoms with Gasteiger partial charge < -0.3 is 9.47 Å². The highest BCUT2D eigenvalue weighted by atomic mass is 19.4. The zero-order chi connectivity index (χ0) is 13.9. The molecule has 0 amide bonds. The van der Waals surface area contributed by atoms with E-state index >= 15 is 0 Å². The Morgan fingerprint density at radius 1 is 1.26 bits per heavy atom. The van der Waals surface area contributed by atoms with Gasteiger partial charge in [-0.2, -0.15) is 13.2 Å². The lowest BCUT2D eigenvalue weighted by atomic mass is 10.0. The van der Waals surface area contributed by atoms with Crippen molar-refractivity contribution >= 4 is 0 Å². The van der Waals surface area contributed by atoms with Crippen LogP contribution in [0.4, 0.5) is 13.2 Å². The van der Waals surface area contributed by atoms with Crippen LogP contribution >= 0.6 is 0 Å². The van der Waals surface area contributed by atoms with E-state index in [1.165, 1.54) is 0 Å². The normalized spacial score (nSPS) is 16.2. The summed E-state index contributed by atoms with van der Waals surface area (Å²) in [6, 6.07) is 4.49. The van der Waals surface area contributed by atoms with Crippen molar-refractivity contribution in [1.82, 2.24) is 5.43 Å². The lowest BCUT2D eigenvalue weighted by Gasteiger charge is -2.25. The molecule has 106 valence electrons. The van der Waals surface area contributed by atoms with Crippen molar-refractivity contribution in [3.05, 3.63) is 23.8 Å². The molecule has 0 saturated heterocycles. The molecule has 7 heteroatoms. The van der Waals surface area contributed by atoms with Crippen LogP contribution in [0.25, 0.3) is 0 Å². The monoisotopic (exact) mass is 276 g/mol. The number of benzene rings is 1. The van der Waals surface area contributed by atoms with E-state index in [-0.39, 0.29) is 6.42 Å². The van der Waals surface area contributed by atoms with Crippen LogP contribution in [-0.4, -0.2) is 19.4 Å². The van der Waals surface area contributed by atoms with Crippen LogP contribution < -0.4 is 20.7 Å². The molecule has 0 aromatic heterocycles. The van der Waals surface area contributed by atoms with Gasteiger partial charge in [0.1, 0.15) is 13.2 Å². The molecular formula is C12H15F3N2O2. The molecule has 0 spiro atoms. The number of rotatable bonds is 4. The highest BCUT2D eigenvalue weighted by Crippen LogP contribution is 2.39. The largest absolute Gasteiger partial charge is 0.486 e. The van der Waals surface area contributed by atoms with Crippen LogP contribution in [0.5, 0.6) is 11.5 Å². The second kappa shape index (κ2) is 5.66. The lowest BCUT2D eigenvalue weighted by Crippen LogP contribution is -2.30. The Morgan fingerprint density at radius 2 is 2.00 bits per heavy atom. The minimum atomic E-state index is -4.21. The van der Waals surface area contributed by atoms with Gasteiger partial charge in [0, 0.05) is 12.0 Å². The fraction of sp³-hybridized carbons (Fsp3) is 0.500. The van der Waals surface area contributed by atoms with Gasteiger partial charge in [0.25, 0.3) is 0 Å². The third-order valence-electron chi connectivity index (χ3n) is 2.89. The molecule has 1 aliphatic rings. The molecule has 0 fully saturated rings. The van der Waals surface area contributed by atoms with E-state index < -0.39 is 18.6 Å². The van der Waals surface area contributed by atoms with E-state index in [1.54, 1.807) is 18.2 Å². The van der Waals surface area contributed by atoms with E-state index in [1.807, 2.05) is 0 Å². The molecule has 4 nitrogen and oxygen atoms in total. The fourth-order valence-corrected chi connectivity index (χ4v) is 2.01. The van der Waals surface area contributed by atoms with Gasteiger partial charge in [-0.1, -0.05) is 12.1 Å². The SMILES string of the molecule is NNC(CCC(F)(F)F)c1cccc2c1OCCO2. The van der Waals surface area contributed by atoms with Crippen molar-refractivity contribution in [2.24, 2.45) is 5.84 Å². The number of nitrogens with two attached hydrogens (primary N) is 1. The minimum absolute atomic E-state index is 0.153. The van der Waals surface area contributed by atoms with Gasteiger partial charge in [0.15, 0.2) is 11.5 Å². The van der Waals surface area contributed by atoms with Crippen molar-refractivity contribution < 1.29 is 22.6 Å². The van der Waals surface area contributed by atoms with Crippen LogP contribution in [0.1, 0.15) is 24.4 Å². The van der Waals surface area contributed by atoms with Crippen molar-refractivity contribution in [1.29, 1.82) is 0 Å². The topological polar surface area (TPSA) is 56.5 Å². The highest BCUT2D eigenvalue weighted by Gasteiger charge is 2.30. The first kappa shape index (κ1) is 14.0. The maximum atomic E-state index is 12.3. The molecule has 0 bridgehead atoms. The number of nitrogens with one attached hydrogen (secondary N) is 1. The predicted octanol–water partition coefficient (Wildman–Crippen LogP) is 2.30. The number of fused-ring (bicyclic) bond motifs is 1.